The zero-order valence-electron chi connectivity index (χ0n) is 31.6. The van der Waals surface area contributed by atoms with Crippen molar-refractivity contribution >= 4 is 105 Å². The van der Waals surface area contributed by atoms with Gasteiger partial charge in [0, 0.05) is 60.3 Å². The van der Waals surface area contributed by atoms with Crippen LogP contribution in [0.1, 0.15) is 0 Å². The minimum absolute atomic E-state index is 0.833. The molecule has 4 aromatic heterocycles. The summed E-state index contributed by atoms with van der Waals surface area (Å²) in [5.74, 6) is 0. The molecule has 0 saturated carbocycles. The average molecular weight is 757 g/mol. The lowest BCUT2D eigenvalue weighted by atomic mass is 9.98. The normalized spacial score (nSPS) is 12.1. The van der Waals surface area contributed by atoms with Crippen molar-refractivity contribution in [1.29, 1.82) is 0 Å². The Labute approximate surface area is 337 Å². The number of rotatable bonds is 5. The maximum atomic E-state index is 6.95. The zero-order valence-corrected chi connectivity index (χ0v) is 31.6. The molecule has 0 N–H and O–H groups in total. The van der Waals surface area contributed by atoms with E-state index in [1.165, 1.54) is 16.3 Å². The molecule has 0 saturated heterocycles. The summed E-state index contributed by atoms with van der Waals surface area (Å²) in [7, 11) is 0. The first-order valence-corrected chi connectivity index (χ1v) is 19.9. The lowest BCUT2D eigenvalue weighted by Gasteiger charge is -2.27. The first-order valence-electron chi connectivity index (χ1n) is 19.9. The second-order valence-electron chi connectivity index (χ2n) is 15.2. The van der Waals surface area contributed by atoms with Gasteiger partial charge in [-0.3, -0.25) is 0 Å². The molecular formula is C54H32N2O3. The van der Waals surface area contributed by atoms with Gasteiger partial charge in [0.1, 0.15) is 33.5 Å². The number of aromatic nitrogens is 1. The van der Waals surface area contributed by atoms with E-state index in [2.05, 4.69) is 173 Å². The zero-order chi connectivity index (χ0) is 38.6. The summed E-state index contributed by atoms with van der Waals surface area (Å²) in [5.41, 5.74) is 13.7. The Bertz CT molecular complexity index is 3690. The van der Waals surface area contributed by atoms with Gasteiger partial charge in [-0.25, -0.2) is 0 Å². The molecule has 0 radical (unpaired) electrons. The van der Waals surface area contributed by atoms with Crippen LogP contribution >= 0.6 is 0 Å². The van der Waals surface area contributed by atoms with E-state index in [1.54, 1.807) is 0 Å². The van der Waals surface area contributed by atoms with Gasteiger partial charge in [0.2, 0.25) is 0 Å². The topological polar surface area (TPSA) is 47.6 Å². The summed E-state index contributed by atoms with van der Waals surface area (Å²) in [6, 6.07) is 68.4. The predicted octanol–water partition coefficient (Wildman–Crippen LogP) is 15.6. The SMILES string of the molecule is c1ccc(-n2c3ccccc3c3ccc(-c4ccc(N(c5ccc6oc7ccccc7c6c5)c5ccc6oc7ccccc7c6c5)c5c4oc4ccccc45)cc32)cc1. The Kier molecular flexibility index (Phi) is 6.66. The molecule has 59 heavy (non-hydrogen) atoms. The van der Waals surface area contributed by atoms with E-state index >= 15 is 0 Å². The number of hydrogen-bond acceptors (Lipinski definition) is 4. The molecule has 0 aliphatic heterocycles. The highest BCUT2D eigenvalue weighted by Gasteiger charge is 2.24. The second-order valence-corrected chi connectivity index (χ2v) is 15.2. The minimum atomic E-state index is 0.833. The molecule has 276 valence electrons. The molecule has 0 aliphatic rings. The predicted molar refractivity (Wildman–Crippen MR) is 243 cm³/mol. The van der Waals surface area contributed by atoms with Crippen molar-refractivity contribution in [1.82, 2.24) is 4.57 Å². The highest BCUT2D eigenvalue weighted by molar-refractivity contribution is 6.19. The first kappa shape index (κ1) is 32.1. The van der Waals surface area contributed by atoms with Gasteiger partial charge in [0.05, 0.1) is 22.1 Å². The maximum Gasteiger partial charge on any atom is 0.145 e. The Morgan fingerprint density at radius 3 is 1.58 bits per heavy atom. The molecule has 13 aromatic rings. The van der Waals surface area contributed by atoms with E-state index in [0.717, 1.165) is 105 Å². The Balaban J connectivity index is 1.09. The van der Waals surface area contributed by atoms with E-state index in [0.29, 0.717) is 0 Å². The maximum absolute atomic E-state index is 6.95. The van der Waals surface area contributed by atoms with Gasteiger partial charge in [-0.15, -0.1) is 0 Å². The van der Waals surface area contributed by atoms with Crippen LogP contribution in [0.15, 0.2) is 207 Å². The van der Waals surface area contributed by atoms with Crippen molar-refractivity contribution in [2.45, 2.75) is 0 Å². The quantitative estimate of drug-likeness (QED) is 0.175. The van der Waals surface area contributed by atoms with Crippen LogP contribution in [0.2, 0.25) is 0 Å². The van der Waals surface area contributed by atoms with Crippen LogP contribution in [0.25, 0.3) is 104 Å². The summed E-state index contributed by atoms with van der Waals surface area (Å²) < 4.78 is 21.9. The van der Waals surface area contributed by atoms with Crippen LogP contribution in [0.3, 0.4) is 0 Å². The van der Waals surface area contributed by atoms with E-state index in [1.807, 2.05) is 30.3 Å². The molecule has 0 bridgehead atoms. The molecule has 0 amide bonds. The largest absolute Gasteiger partial charge is 0.456 e. The monoisotopic (exact) mass is 756 g/mol. The van der Waals surface area contributed by atoms with E-state index < -0.39 is 0 Å². The second kappa shape index (κ2) is 12.2. The van der Waals surface area contributed by atoms with Crippen LogP contribution in [-0.2, 0) is 0 Å². The van der Waals surface area contributed by atoms with E-state index in [9.17, 15) is 0 Å². The molecule has 0 spiro atoms. The third-order valence-electron chi connectivity index (χ3n) is 12.0. The molecule has 9 aromatic carbocycles. The smallest absolute Gasteiger partial charge is 0.145 e. The number of nitrogens with zero attached hydrogens (tertiary/aromatic N) is 2. The van der Waals surface area contributed by atoms with Gasteiger partial charge in [-0.05, 0) is 96.6 Å². The molecule has 0 atom stereocenters. The molecule has 4 heterocycles. The van der Waals surface area contributed by atoms with Gasteiger partial charge in [-0.1, -0.05) is 103 Å². The van der Waals surface area contributed by atoms with Crippen LogP contribution in [0, 0.1) is 0 Å². The third-order valence-corrected chi connectivity index (χ3v) is 12.0. The Morgan fingerprint density at radius 1 is 0.356 bits per heavy atom. The van der Waals surface area contributed by atoms with Gasteiger partial charge < -0.3 is 22.7 Å². The van der Waals surface area contributed by atoms with Crippen molar-refractivity contribution < 1.29 is 13.3 Å². The van der Waals surface area contributed by atoms with Gasteiger partial charge >= 0.3 is 0 Å². The average Bonchev–Trinajstić information content (AvgIpc) is 4.05. The lowest BCUT2D eigenvalue weighted by Crippen LogP contribution is -2.10. The summed E-state index contributed by atoms with van der Waals surface area (Å²) in [4.78, 5) is 2.35. The van der Waals surface area contributed by atoms with Crippen LogP contribution in [0.4, 0.5) is 17.1 Å². The molecule has 5 heteroatoms. The summed E-state index contributed by atoms with van der Waals surface area (Å²) in [5, 5.41) is 8.81. The highest BCUT2D eigenvalue weighted by Crippen LogP contribution is 2.48. The number of para-hydroxylation sites is 5. The third kappa shape index (κ3) is 4.73. The van der Waals surface area contributed by atoms with Crippen molar-refractivity contribution in [3.05, 3.63) is 194 Å². The molecule has 13 rings (SSSR count). The number of furan rings is 3. The first-order chi connectivity index (χ1) is 29.2. The van der Waals surface area contributed by atoms with Crippen molar-refractivity contribution in [3.63, 3.8) is 0 Å². The summed E-state index contributed by atoms with van der Waals surface area (Å²) in [6.45, 7) is 0. The number of benzene rings is 9. The minimum Gasteiger partial charge on any atom is -0.456 e. The van der Waals surface area contributed by atoms with Crippen molar-refractivity contribution in [2.24, 2.45) is 0 Å². The number of hydrogen-bond donors (Lipinski definition) is 0. The lowest BCUT2D eigenvalue weighted by molar-refractivity contribution is 0.668. The van der Waals surface area contributed by atoms with Crippen molar-refractivity contribution in [3.8, 4) is 16.8 Å². The molecule has 0 fully saturated rings. The summed E-state index contributed by atoms with van der Waals surface area (Å²) in [6.07, 6.45) is 0. The number of anilines is 3. The van der Waals surface area contributed by atoms with Gasteiger partial charge in [0.25, 0.3) is 0 Å². The fourth-order valence-corrected chi connectivity index (χ4v) is 9.35. The van der Waals surface area contributed by atoms with Crippen LogP contribution < -0.4 is 4.90 Å². The van der Waals surface area contributed by atoms with Crippen LogP contribution in [-0.4, -0.2) is 4.57 Å². The Morgan fingerprint density at radius 2 is 0.898 bits per heavy atom. The van der Waals surface area contributed by atoms with Gasteiger partial charge in [0.15, 0.2) is 0 Å². The Hall–Kier alpha value is -8.02. The fourth-order valence-electron chi connectivity index (χ4n) is 9.35. The molecular weight excluding hydrogens is 725 g/mol. The van der Waals surface area contributed by atoms with E-state index in [-0.39, 0.29) is 0 Å². The molecule has 0 aliphatic carbocycles. The van der Waals surface area contributed by atoms with Crippen molar-refractivity contribution in [2.75, 3.05) is 4.90 Å². The standard InChI is InChI=1S/C54H32N2O3/c1-2-12-34(13-3-1)56-45-18-8-4-14-38(45)39-25-22-33(30-47(39)56)37-26-27-46(53-42-17-7-11-21-50(42)59-54(37)53)55(35-23-28-51-43(31-35)40-15-5-9-19-48(40)57-51)36-24-29-52-44(32-36)41-16-6-10-20-49(41)58-52/h1-32H. The van der Waals surface area contributed by atoms with E-state index in [4.69, 9.17) is 13.3 Å². The fraction of sp³-hybridized carbons (Fsp3) is 0. The number of fused-ring (bicyclic) bond motifs is 12. The summed E-state index contributed by atoms with van der Waals surface area (Å²) >= 11 is 0. The van der Waals surface area contributed by atoms with Crippen LogP contribution in [0.5, 0.6) is 0 Å². The molecule has 0 unspecified atom stereocenters. The molecule has 5 nitrogen and oxygen atoms in total. The highest BCUT2D eigenvalue weighted by atomic mass is 16.3. The van der Waals surface area contributed by atoms with Gasteiger partial charge in [-0.2, -0.15) is 0 Å².